The molecule has 5 nitrogen and oxygen atoms in total. The van der Waals surface area contributed by atoms with Gasteiger partial charge in [0.05, 0.1) is 6.04 Å². The Morgan fingerprint density at radius 3 is 2.18 bits per heavy atom. The number of aliphatic carboxylic acids is 1. The quantitative estimate of drug-likeness (QED) is 0.523. The molecule has 11 heavy (non-hydrogen) atoms. The van der Waals surface area contributed by atoms with E-state index in [2.05, 4.69) is 0 Å². The Bertz CT molecular complexity index is 151. The number of carboxylic acids is 1. The second-order valence-electron chi connectivity index (χ2n) is 1.94. The van der Waals surface area contributed by atoms with Gasteiger partial charge in [0.25, 0.3) is 0 Å². The van der Waals surface area contributed by atoms with Crippen LogP contribution in [-0.2, 0) is 9.59 Å². The van der Waals surface area contributed by atoms with E-state index in [9.17, 15) is 9.59 Å². The highest BCUT2D eigenvalue weighted by molar-refractivity contribution is 5.85. The lowest BCUT2D eigenvalue weighted by molar-refractivity contribution is -0.137. The van der Waals surface area contributed by atoms with Crippen LogP contribution in [-0.4, -0.2) is 23.0 Å². The fourth-order valence-electron chi connectivity index (χ4n) is 0.421. The molecule has 0 aliphatic carbocycles. The van der Waals surface area contributed by atoms with Crippen LogP contribution in [0.25, 0.3) is 0 Å². The average molecular weight is 183 g/mol. The Morgan fingerprint density at radius 1 is 1.45 bits per heavy atom. The van der Waals surface area contributed by atoms with Crippen LogP contribution in [0.4, 0.5) is 0 Å². The summed E-state index contributed by atoms with van der Waals surface area (Å²) in [4.78, 5) is 20.1. The van der Waals surface area contributed by atoms with Crippen molar-refractivity contribution in [3.63, 3.8) is 0 Å². The lowest BCUT2D eigenvalue weighted by atomic mass is 10.1. The third-order valence-electron chi connectivity index (χ3n) is 1.03. The van der Waals surface area contributed by atoms with Crippen molar-refractivity contribution in [3.8, 4) is 0 Å². The van der Waals surface area contributed by atoms with Gasteiger partial charge in [-0.2, -0.15) is 0 Å². The van der Waals surface area contributed by atoms with Gasteiger partial charge < -0.3 is 16.6 Å². The second kappa shape index (κ2) is 5.94. The van der Waals surface area contributed by atoms with Crippen molar-refractivity contribution in [2.75, 3.05) is 0 Å². The van der Waals surface area contributed by atoms with Crippen molar-refractivity contribution in [1.82, 2.24) is 0 Å². The molecule has 0 heterocycles. The van der Waals surface area contributed by atoms with Crippen LogP contribution in [0.1, 0.15) is 12.8 Å². The molecule has 0 unspecified atom stereocenters. The second-order valence-corrected chi connectivity index (χ2v) is 1.94. The standard InChI is InChI=1S/C5H10N2O3.ClH/c6-3(5(7)10)1-2-4(8)9;/h3H,1-2,6H2,(H2,7,10)(H,8,9);1H/t3-;/m1./s1. The molecule has 0 fully saturated rings. The molecule has 0 saturated heterocycles. The molecular weight excluding hydrogens is 172 g/mol. The highest BCUT2D eigenvalue weighted by Gasteiger charge is 2.10. The summed E-state index contributed by atoms with van der Waals surface area (Å²) in [7, 11) is 0. The van der Waals surface area contributed by atoms with Crippen molar-refractivity contribution < 1.29 is 14.7 Å². The maximum absolute atomic E-state index is 10.2. The van der Waals surface area contributed by atoms with E-state index in [4.69, 9.17) is 16.6 Å². The molecule has 0 aromatic carbocycles. The maximum atomic E-state index is 10.2. The normalized spacial score (nSPS) is 11.4. The smallest absolute Gasteiger partial charge is 0.303 e. The molecule has 0 spiro atoms. The van der Waals surface area contributed by atoms with E-state index in [1.165, 1.54) is 0 Å². The number of carbonyl (C=O) groups excluding carboxylic acids is 1. The zero-order valence-corrected chi connectivity index (χ0v) is 6.63. The molecule has 0 saturated carbocycles. The highest BCUT2D eigenvalue weighted by Crippen LogP contribution is 1.92. The zero-order valence-electron chi connectivity index (χ0n) is 5.82. The van der Waals surface area contributed by atoms with E-state index in [1.54, 1.807) is 0 Å². The topological polar surface area (TPSA) is 106 Å². The Kier molecular flexibility index (Phi) is 6.92. The Labute approximate surface area is 70.1 Å². The number of hydrogen-bond donors (Lipinski definition) is 3. The molecule has 0 aromatic heterocycles. The third kappa shape index (κ3) is 7.08. The van der Waals surface area contributed by atoms with Gasteiger partial charge in [0.2, 0.25) is 5.91 Å². The molecule has 6 heteroatoms. The average Bonchev–Trinajstić information content (AvgIpc) is 1.82. The number of carbonyl (C=O) groups is 2. The Morgan fingerprint density at radius 2 is 1.91 bits per heavy atom. The number of rotatable bonds is 4. The van der Waals surface area contributed by atoms with Gasteiger partial charge in [0, 0.05) is 6.42 Å². The van der Waals surface area contributed by atoms with Gasteiger partial charge in [-0.25, -0.2) is 0 Å². The van der Waals surface area contributed by atoms with Crippen molar-refractivity contribution in [2.24, 2.45) is 11.5 Å². The zero-order chi connectivity index (χ0) is 8.15. The largest absolute Gasteiger partial charge is 0.481 e. The number of amides is 1. The van der Waals surface area contributed by atoms with Gasteiger partial charge in [0.1, 0.15) is 0 Å². The van der Waals surface area contributed by atoms with Crippen LogP contribution >= 0.6 is 12.4 Å². The minimum atomic E-state index is -0.975. The number of primary amides is 1. The summed E-state index contributed by atoms with van der Waals surface area (Å²) in [5.41, 5.74) is 9.89. The lowest BCUT2D eigenvalue weighted by Gasteiger charge is -2.02. The number of carboxylic acid groups (broad SMARTS) is 1. The minimum absolute atomic E-state index is 0. The fraction of sp³-hybridized carbons (Fsp3) is 0.600. The van der Waals surface area contributed by atoms with Gasteiger partial charge in [-0.15, -0.1) is 12.4 Å². The first-order valence-electron chi connectivity index (χ1n) is 2.80. The van der Waals surface area contributed by atoms with E-state index >= 15 is 0 Å². The summed E-state index contributed by atoms with van der Waals surface area (Å²) < 4.78 is 0. The number of nitrogens with two attached hydrogens (primary N) is 2. The van der Waals surface area contributed by atoms with E-state index in [1.807, 2.05) is 0 Å². The third-order valence-corrected chi connectivity index (χ3v) is 1.03. The van der Waals surface area contributed by atoms with Crippen molar-refractivity contribution in [1.29, 1.82) is 0 Å². The first-order valence-corrected chi connectivity index (χ1v) is 2.80. The summed E-state index contributed by atoms with van der Waals surface area (Å²) in [6, 6.07) is -0.837. The van der Waals surface area contributed by atoms with Crippen LogP contribution in [0.2, 0.25) is 0 Å². The Hall–Kier alpha value is -0.810. The fourth-order valence-corrected chi connectivity index (χ4v) is 0.421. The minimum Gasteiger partial charge on any atom is -0.481 e. The van der Waals surface area contributed by atoms with E-state index in [0.29, 0.717) is 0 Å². The molecular formula is C5H11ClN2O3. The molecule has 1 atom stereocenters. The molecule has 0 bridgehead atoms. The number of hydrogen-bond acceptors (Lipinski definition) is 3. The summed E-state index contributed by atoms with van der Waals surface area (Å²) in [5, 5.41) is 8.14. The van der Waals surface area contributed by atoms with Crippen LogP contribution in [0.3, 0.4) is 0 Å². The molecule has 0 aromatic rings. The maximum Gasteiger partial charge on any atom is 0.303 e. The van der Waals surface area contributed by atoms with Crippen LogP contribution in [0.15, 0.2) is 0 Å². The van der Waals surface area contributed by atoms with Crippen LogP contribution in [0.5, 0.6) is 0 Å². The molecule has 0 aliphatic heterocycles. The van der Waals surface area contributed by atoms with Gasteiger partial charge >= 0.3 is 5.97 Å². The first-order chi connectivity index (χ1) is 4.54. The van der Waals surface area contributed by atoms with Gasteiger partial charge in [-0.1, -0.05) is 0 Å². The molecule has 5 N–H and O–H groups in total. The van der Waals surface area contributed by atoms with Gasteiger partial charge in [0.15, 0.2) is 0 Å². The number of halogens is 1. The van der Waals surface area contributed by atoms with Crippen LogP contribution < -0.4 is 11.5 Å². The lowest BCUT2D eigenvalue weighted by Crippen LogP contribution is -2.36. The van der Waals surface area contributed by atoms with E-state index in [0.717, 1.165) is 0 Å². The monoisotopic (exact) mass is 182 g/mol. The summed E-state index contributed by atoms with van der Waals surface area (Å²) in [6.45, 7) is 0. The SMILES string of the molecule is Cl.NC(=O)[C@H](N)CCC(=O)O. The predicted molar refractivity (Wildman–Crippen MR) is 41.3 cm³/mol. The van der Waals surface area contributed by atoms with E-state index in [-0.39, 0.29) is 25.2 Å². The molecule has 0 radical (unpaired) electrons. The Balaban J connectivity index is 0. The predicted octanol–water partition coefficient (Wildman–Crippen LogP) is -0.914. The summed E-state index contributed by atoms with van der Waals surface area (Å²) >= 11 is 0. The molecule has 0 aliphatic rings. The van der Waals surface area contributed by atoms with Crippen LogP contribution in [0, 0.1) is 0 Å². The summed E-state index contributed by atoms with van der Waals surface area (Å²) in [5.74, 6) is -1.64. The van der Waals surface area contributed by atoms with Gasteiger partial charge in [-0.3, -0.25) is 9.59 Å². The molecule has 1 amide bonds. The van der Waals surface area contributed by atoms with Crippen molar-refractivity contribution >= 4 is 24.3 Å². The highest BCUT2D eigenvalue weighted by atomic mass is 35.5. The molecule has 66 valence electrons. The van der Waals surface area contributed by atoms with E-state index < -0.39 is 17.9 Å². The molecule has 0 rings (SSSR count). The van der Waals surface area contributed by atoms with Gasteiger partial charge in [-0.05, 0) is 6.42 Å². The first kappa shape index (κ1) is 12.8. The summed E-state index contributed by atoms with van der Waals surface area (Å²) in [6.07, 6.45) is -0.0191. The van der Waals surface area contributed by atoms with Crippen molar-refractivity contribution in [2.45, 2.75) is 18.9 Å². The van der Waals surface area contributed by atoms with Crippen molar-refractivity contribution in [3.05, 3.63) is 0 Å².